The van der Waals surface area contributed by atoms with E-state index in [1.54, 1.807) is 43.8 Å². The largest absolute Gasteiger partial charge is 0.497 e. The number of methoxy groups -OCH3 is 1. The number of halogens is 1. The molecular weight excluding hydrogens is 410 g/mol. The fourth-order valence-corrected chi connectivity index (χ4v) is 2.81. The fraction of sp³-hybridized carbons (Fsp3) is 0.263. The van der Waals surface area contributed by atoms with E-state index >= 15 is 0 Å². The van der Waals surface area contributed by atoms with E-state index in [2.05, 4.69) is 57.1 Å². The van der Waals surface area contributed by atoms with Crippen LogP contribution in [0.15, 0.2) is 47.2 Å². The molecule has 0 fully saturated rings. The van der Waals surface area contributed by atoms with Crippen LogP contribution in [0.1, 0.15) is 36.8 Å². The molecule has 0 spiro atoms. The molecule has 0 aliphatic rings. The molecule has 140 valence electrons. The van der Waals surface area contributed by atoms with E-state index in [0.29, 0.717) is 27.6 Å². The van der Waals surface area contributed by atoms with Crippen LogP contribution >= 0.6 is 15.9 Å². The Bertz CT molecular complexity index is 964. The van der Waals surface area contributed by atoms with Gasteiger partial charge in [0, 0.05) is 28.3 Å². The third kappa shape index (κ3) is 4.16. The van der Waals surface area contributed by atoms with E-state index in [1.807, 2.05) is 6.07 Å². The molecule has 0 saturated carbocycles. The smallest absolute Gasteiger partial charge is 0.258 e. The van der Waals surface area contributed by atoms with Crippen molar-refractivity contribution in [3.8, 4) is 11.7 Å². The molecule has 3 rings (SSSR count). The average molecular weight is 430 g/mol. The van der Waals surface area contributed by atoms with Crippen molar-refractivity contribution in [1.29, 1.82) is 0 Å². The summed E-state index contributed by atoms with van der Waals surface area (Å²) in [4.78, 5) is 21.3. The van der Waals surface area contributed by atoms with Crippen LogP contribution in [0.2, 0.25) is 0 Å². The lowest BCUT2D eigenvalue weighted by atomic mass is 9.92. The van der Waals surface area contributed by atoms with Crippen LogP contribution in [-0.2, 0) is 5.41 Å². The molecule has 1 aromatic carbocycles. The van der Waals surface area contributed by atoms with Crippen molar-refractivity contribution in [2.24, 2.45) is 0 Å². The van der Waals surface area contributed by atoms with Gasteiger partial charge in [0.1, 0.15) is 11.6 Å². The highest BCUT2D eigenvalue weighted by molar-refractivity contribution is 9.10. The van der Waals surface area contributed by atoms with Crippen LogP contribution in [0.5, 0.6) is 5.75 Å². The van der Waals surface area contributed by atoms with Crippen molar-refractivity contribution < 1.29 is 9.53 Å². The maximum absolute atomic E-state index is 12.9. The quantitative estimate of drug-likeness (QED) is 0.677. The molecule has 1 N–H and O–H groups in total. The van der Waals surface area contributed by atoms with Gasteiger partial charge in [-0.15, -0.1) is 0 Å². The highest BCUT2D eigenvalue weighted by Crippen LogP contribution is 2.27. The van der Waals surface area contributed by atoms with E-state index < -0.39 is 0 Å². The zero-order valence-electron chi connectivity index (χ0n) is 15.5. The van der Waals surface area contributed by atoms with Crippen molar-refractivity contribution >= 4 is 27.7 Å². The van der Waals surface area contributed by atoms with Crippen molar-refractivity contribution in [2.45, 2.75) is 26.2 Å². The van der Waals surface area contributed by atoms with Gasteiger partial charge in [-0.05, 0) is 40.2 Å². The summed E-state index contributed by atoms with van der Waals surface area (Å²) in [5.74, 6) is 1.18. The molecule has 1 amide bonds. The topological polar surface area (TPSA) is 81.9 Å². The molecule has 7 nitrogen and oxygen atoms in total. The molecule has 0 radical (unpaired) electrons. The van der Waals surface area contributed by atoms with Gasteiger partial charge in [0.2, 0.25) is 0 Å². The number of carbonyl (C=O) groups excluding carboxylic acids is 1. The number of hydrogen-bond donors (Lipinski definition) is 1. The second-order valence-electron chi connectivity index (χ2n) is 6.93. The maximum Gasteiger partial charge on any atom is 0.258 e. The van der Waals surface area contributed by atoms with E-state index in [-0.39, 0.29) is 11.3 Å². The number of nitrogens with one attached hydrogen (secondary N) is 1. The van der Waals surface area contributed by atoms with Crippen molar-refractivity contribution in [1.82, 2.24) is 19.7 Å². The SMILES string of the molecule is COc1ccc(Br)c(C(=O)Nc2cc(C(C)(C)C)nn2-c2ncccn2)c1. The molecule has 0 aliphatic heterocycles. The first kappa shape index (κ1) is 19.0. The second kappa shape index (κ2) is 7.48. The highest BCUT2D eigenvalue weighted by Gasteiger charge is 2.23. The Labute approximate surface area is 165 Å². The minimum Gasteiger partial charge on any atom is -0.497 e. The third-order valence-corrected chi connectivity index (χ3v) is 4.57. The number of hydrogen-bond acceptors (Lipinski definition) is 5. The number of rotatable bonds is 4. The molecule has 27 heavy (non-hydrogen) atoms. The van der Waals surface area contributed by atoms with E-state index in [4.69, 9.17) is 4.74 Å². The highest BCUT2D eigenvalue weighted by atomic mass is 79.9. The fourth-order valence-electron chi connectivity index (χ4n) is 2.38. The lowest BCUT2D eigenvalue weighted by Gasteiger charge is -2.13. The Morgan fingerprint density at radius 3 is 2.52 bits per heavy atom. The Kier molecular flexibility index (Phi) is 5.27. The number of anilines is 1. The predicted molar refractivity (Wildman–Crippen MR) is 107 cm³/mol. The first-order valence-corrected chi connectivity index (χ1v) is 9.11. The summed E-state index contributed by atoms with van der Waals surface area (Å²) >= 11 is 3.41. The summed E-state index contributed by atoms with van der Waals surface area (Å²) in [5.41, 5.74) is 1.07. The minimum absolute atomic E-state index is 0.198. The monoisotopic (exact) mass is 429 g/mol. The molecule has 0 atom stereocenters. The maximum atomic E-state index is 12.9. The summed E-state index contributed by atoms with van der Waals surface area (Å²) in [6.45, 7) is 6.15. The molecule has 3 aromatic rings. The van der Waals surface area contributed by atoms with Crippen molar-refractivity contribution in [3.63, 3.8) is 0 Å². The molecular formula is C19H20BrN5O2. The summed E-state index contributed by atoms with van der Waals surface area (Å²) in [6, 6.07) is 8.78. The minimum atomic E-state index is -0.293. The van der Waals surface area contributed by atoms with Gasteiger partial charge in [-0.3, -0.25) is 4.79 Å². The van der Waals surface area contributed by atoms with Crippen LogP contribution in [0, 0.1) is 0 Å². The van der Waals surface area contributed by atoms with Crippen LogP contribution in [0.3, 0.4) is 0 Å². The Balaban J connectivity index is 2.01. The number of carbonyl (C=O) groups is 1. The molecule has 8 heteroatoms. The first-order chi connectivity index (χ1) is 12.8. The number of amides is 1. The van der Waals surface area contributed by atoms with Crippen LogP contribution in [0.4, 0.5) is 5.82 Å². The lowest BCUT2D eigenvalue weighted by molar-refractivity contribution is 0.102. The molecule has 0 unspecified atom stereocenters. The third-order valence-electron chi connectivity index (χ3n) is 3.88. The van der Waals surface area contributed by atoms with Gasteiger partial charge in [-0.1, -0.05) is 20.8 Å². The van der Waals surface area contributed by atoms with Gasteiger partial charge in [-0.25, -0.2) is 9.97 Å². The Morgan fingerprint density at radius 2 is 1.89 bits per heavy atom. The second-order valence-corrected chi connectivity index (χ2v) is 7.78. The molecule has 0 bridgehead atoms. The van der Waals surface area contributed by atoms with Gasteiger partial charge in [0.25, 0.3) is 11.9 Å². The van der Waals surface area contributed by atoms with Crippen molar-refractivity contribution in [3.05, 3.63) is 58.5 Å². The summed E-state index contributed by atoms with van der Waals surface area (Å²) in [5, 5.41) is 7.50. The van der Waals surface area contributed by atoms with E-state index in [0.717, 1.165) is 5.69 Å². The van der Waals surface area contributed by atoms with Gasteiger partial charge >= 0.3 is 0 Å². The molecule has 2 heterocycles. The average Bonchev–Trinajstić information content (AvgIpc) is 3.07. The van der Waals surface area contributed by atoms with Crippen LogP contribution in [0.25, 0.3) is 5.95 Å². The van der Waals surface area contributed by atoms with E-state index in [1.165, 1.54) is 4.68 Å². The number of benzene rings is 1. The summed E-state index contributed by atoms with van der Waals surface area (Å²) in [7, 11) is 1.56. The summed E-state index contributed by atoms with van der Waals surface area (Å²) < 4.78 is 7.41. The van der Waals surface area contributed by atoms with Crippen LogP contribution in [-0.4, -0.2) is 32.8 Å². The van der Waals surface area contributed by atoms with Gasteiger partial charge in [-0.2, -0.15) is 9.78 Å². The number of nitrogens with zero attached hydrogens (tertiary/aromatic N) is 4. The molecule has 0 saturated heterocycles. The predicted octanol–water partition coefficient (Wildman–Crippen LogP) is 3.98. The van der Waals surface area contributed by atoms with Crippen molar-refractivity contribution in [2.75, 3.05) is 12.4 Å². The number of ether oxygens (including phenoxy) is 1. The normalized spacial score (nSPS) is 11.3. The van der Waals surface area contributed by atoms with Gasteiger partial charge in [0.15, 0.2) is 0 Å². The molecule has 2 aromatic heterocycles. The van der Waals surface area contributed by atoms with Crippen LogP contribution < -0.4 is 10.1 Å². The standard InChI is InChI=1S/C19H20BrN5O2/c1-19(2,3)15-11-16(25(24-15)18-21-8-5-9-22-18)23-17(26)13-10-12(27-4)6-7-14(13)20/h5-11H,1-4H3,(H,23,26). The summed E-state index contributed by atoms with van der Waals surface area (Å²) in [6.07, 6.45) is 3.26. The number of aromatic nitrogens is 4. The Morgan fingerprint density at radius 1 is 1.19 bits per heavy atom. The lowest BCUT2D eigenvalue weighted by Crippen LogP contribution is -2.16. The zero-order valence-corrected chi connectivity index (χ0v) is 17.1. The molecule has 0 aliphatic carbocycles. The van der Waals surface area contributed by atoms with Gasteiger partial charge < -0.3 is 10.1 Å². The zero-order chi connectivity index (χ0) is 19.6. The van der Waals surface area contributed by atoms with E-state index in [9.17, 15) is 4.79 Å². The Hall–Kier alpha value is -2.74. The van der Waals surface area contributed by atoms with Gasteiger partial charge in [0.05, 0.1) is 18.4 Å². The first-order valence-electron chi connectivity index (χ1n) is 8.32.